The molecular weight excluding hydrogens is 218 g/mol. The number of carbonyl (C=O) groups is 1. The van der Waals surface area contributed by atoms with Crippen molar-refractivity contribution in [1.82, 2.24) is 0 Å². The molecule has 0 aliphatic rings. The Balaban J connectivity index is 2.48. The molecule has 1 heterocycles. The topological polar surface area (TPSA) is 40.9 Å². The number of thiophene rings is 1. The normalized spacial score (nSPS) is 9.75. The predicted molar refractivity (Wildman–Crippen MR) is 64.6 cm³/mol. The minimum absolute atomic E-state index is 0.679. The summed E-state index contributed by atoms with van der Waals surface area (Å²) in [6.45, 7) is 1.97. The fraction of sp³-hybridized carbons (Fsp3) is 0.0769. The molecule has 2 rings (SSSR count). The van der Waals surface area contributed by atoms with Crippen molar-refractivity contribution in [1.29, 1.82) is 5.26 Å². The molecule has 0 radical (unpaired) electrons. The van der Waals surface area contributed by atoms with E-state index in [2.05, 4.69) is 6.07 Å². The van der Waals surface area contributed by atoms with E-state index in [-0.39, 0.29) is 0 Å². The zero-order valence-corrected chi connectivity index (χ0v) is 9.54. The number of rotatable bonds is 2. The lowest BCUT2D eigenvalue weighted by Gasteiger charge is -2.03. The summed E-state index contributed by atoms with van der Waals surface area (Å²) in [6.07, 6.45) is 0.839. The molecule has 16 heavy (non-hydrogen) atoms. The Labute approximate surface area is 97.8 Å². The molecule has 78 valence electrons. The molecule has 2 aromatic rings. The van der Waals surface area contributed by atoms with Gasteiger partial charge in [0.15, 0.2) is 0 Å². The summed E-state index contributed by atoms with van der Waals surface area (Å²) in [5, 5.41) is 8.76. The van der Waals surface area contributed by atoms with Crippen LogP contribution in [0, 0.1) is 18.3 Å². The van der Waals surface area contributed by atoms with E-state index in [0.717, 1.165) is 22.3 Å². The van der Waals surface area contributed by atoms with Crippen molar-refractivity contribution in [2.24, 2.45) is 0 Å². The maximum atomic E-state index is 10.6. The lowest BCUT2D eigenvalue weighted by atomic mass is 10.0. The number of aldehydes is 1. The number of hydrogen-bond donors (Lipinski definition) is 0. The second-order valence-electron chi connectivity index (χ2n) is 3.47. The third-order valence-corrected chi connectivity index (χ3v) is 3.39. The van der Waals surface area contributed by atoms with Crippen molar-refractivity contribution < 1.29 is 4.79 Å². The van der Waals surface area contributed by atoms with Gasteiger partial charge in [0.1, 0.15) is 17.2 Å². The van der Waals surface area contributed by atoms with Gasteiger partial charge in [0.25, 0.3) is 0 Å². The SMILES string of the molecule is Cc1cc(C=O)ccc1-c1ccc(C#N)s1. The molecule has 0 amide bonds. The molecule has 0 saturated heterocycles. The maximum Gasteiger partial charge on any atom is 0.150 e. The van der Waals surface area contributed by atoms with E-state index < -0.39 is 0 Å². The fourth-order valence-electron chi connectivity index (χ4n) is 1.58. The van der Waals surface area contributed by atoms with E-state index in [1.54, 1.807) is 6.07 Å². The number of carbonyl (C=O) groups excluding carboxylic acids is 1. The number of benzene rings is 1. The second kappa shape index (κ2) is 4.30. The molecule has 0 unspecified atom stereocenters. The highest BCUT2D eigenvalue weighted by molar-refractivity contribution is 7.16. The van der Waals surface area contributed by atoms with Crippen LogP contribution in [0.5, 0.6) is 0 Å². The molecule has 0 saturated carbocycles. The lowest BCUT2D eigenvalue weighted by molar-refractivity contribution is 0.112. The summed E-state index contributed by atoms with van der Waals surface area (Å²) in [4.78, 5) is 12.4. The molecule has 2 nitrogen and oxygen atoms in total. The van der Waals surface area contributed by atoms with Crippen molar-refractivity contribution in [3.8, 4) is 16.5 Å². The first-order chi connectivity index (χ1) is 7.74. The van der Waals surface area contributed by atoms with Gasteiger partial charge in [-0.25, -0.2) is 0 Å². The minimum Gasteiger partial charge on any atom is -0.298 e. The van der Waals surface area contributed by atoms with Crippen LogP contribution in [0.3, 0.4) is 0 Å². The largest absolute Gasteiger partial charge is 0.298 e. The van der Waals surface area contributed by atoms with Crippen LogP contribution in [0.2, 0.25) is 0 Å². The van der Waals surface area contributed by atoms with Gasteiger partial charge in [0.2, 0.25) is 0 Å². The first-order valence-electron chi connectivity index (χ1n) is 4.80. The fourth-order valence-corrected chi connectivity index (χ4v) is 2.47. The quantitative estimate of drug-likeness (QED) is 0.738. The van der Waals surface area contributed by atoms with E-state index in [0.29, 0.717) is 10.4 Å². The lowest BCUT2D eigenvalue weighted by Crippen LogP contribution is -1.84. The van der Waals surface area contributed by atoms with Gasteiger partial charge < -0.3 is 0 Å². The Morgan fingerprint density at radius 3 is 2.69 bits per heavy atom. The van der Waals surface area contributed by atoms with Gasteiger partial charge >= 0.3 is 0 Å². The summed E-state index contributed by atoms with van der Waals surface area (Å²) >= 11 is 1.46. The second-order valence-corrected chi connectivity index (χ2v) is 4.55. The number of hydrogen-bond acceptors (Lipinski definition) is 3. The minimum atomic E-state index is 0.679. The standard InChI is InChI=1S/C13H9NOS/c1-9-6-10(8-15)2-4-12(9)13-5-3-11(7-14)16-13/h2-6,8H,1H3. The summed E-state index contributed by atoms with van der Waals surface area (Å²) in [5.74, 6) is 0. The molecule has 1 aromatic carbocycles. The summed E-state index contributed by atoms with van der Waals surface area (Å²) in [7, 11) is 0. The Hall–Kier alpha value is -1.92. The highest BCUT2D eigenvalue weighted by atomic mass is 32.1. The van der Waals surface area contributed by atoms with Crippen LogP contribution in [0.25, 0.3) is 10.4 Å². The number of nitriles is 1. The van der Waals surface area contributed by atoms with Crippen molar-refractivity contribution >= 4 is 17.6 Å². The molecule has 0 bridgehead atoms. The molecular formula is C13H9NOS. The Bertz CT molecular complexity index is 578. The number of aryl methyl sites for hydroxylation is 1. The highest BCUT2D eigenvalue weighted by Crippen LogP contribution is 2.30. The summed E-state index contributed by atoms with van der Waals surface area (Å²) < 4.78 is 0. The zero-order chi connectivity index (χ0) is 11.5. The third kappa shape index (κ3) is 1.88. The van der Waals surface area contributed by atoms with E-state index >= 15 is 0 Å². The first-order valence-corrected chi connectivity index (χ1v) is 5.62. The molecule has 3 heteroatoms. The molecule has 0 aliphatic heterocycles. The predicted octanol–water partition coefficient (Wildman–Crippen LogP) is 3.41. The van der Waals surface area contributed by atoms with E-state index in [4.69, 9.17) is 5.26 Å². The van der Waals surface area contributed by atoms with E-state index in [1.165, 1.54) is 11.3 Å². The molecule has 0 aliphatic carbocycles. The van der Waals surface area contributed by atoms with E-state index in [9.17, 15) is 4.79 Å². The Morgan fingerprint density at radius 1 is 1.31 bits per heavy atom. The van der Waals surface area contributed by atoms with E-state index in [1.807, 2.05) is 31.2 Å². The van der Waals surface area contributed by atoms with Crippen LogP contribution in [-0.2, 0) is 0 Å². The monoisotopic (exact) mass is 227 g/mol. The van der Waals surface area contributed by atoms with Gasteiger partial charge in [0.05, 0.1) is 0 Å². The van der Waals surface area contributed by atoms with Crippen molar-refractivity contribution in [2.45, 2.75) is 6.92 Å². The summed E-state index contributed by atoms with van der Waals surface area (Å²) in [5.41, 5.74) is 2.81. The van der Waals surface area contributed by atoms with Gasteiger partial charge in [-0.1, -0.05) is 12.1 Å². The third-order valence-electron chi connectivity index (χ3n) is 2.37. The zero-order valence-electron chi connectivity index (χ0n) is 8.73. The van der Waals surface area contributed by atoms with Gasteiger partial charge in [-0.3, -0.25) is 4.79 Å². The van der Waals surface area contributed by atoms with Crippen molar-refractivity contribution in [2.75, 3.05) is 0 Å². The van der Waals surface area contributed by atoms with Crippen LogP contribution >= 0.6 is 11.3 Å². The molecule has 1 aromatic heterocycles. The van der Waals surface area contributed by atoms with Crippen LogP contribution in [0.15, 0.2) is 30.3 Å². The average Bonchev–Trinajstić information content (AvgIpc) is 2.77. The molecule has 0 fully saturated rings. The maximum absolute atomic E-state index is 10.6. The van der Waals surface area contributed by atoms with Crippen LogP contribution in [0.1, 0.15) is 20.8 Å². The summed E-state index contributed by atoms with van der Waals surface area (Å²) in [6, 6.07) is 11.4. The smallest absolute Gasteiger partial charge is 0.150 e. The highest BCUT2D eigenvalue weighted by Gasteiger charge is 2.05. The van der Waals surface area contributed by atoms with Crippen LogP contribution in [0.4, 0.5) is 0 Å². The van der Waals surface area contributed by atoms with Crippen molar-refractivity contribution in [3.05, 3.63) is 46.3 Å². The Morgan fingerprint density at radius 2 is 2.12 bits per heavy atom. The van der Waals surface area contributed by atoms with Crippen LogP contribution < -0.4 is 0 Å². The van der Waals surface area contributed by atoms with Crippen molar-refractivity contribution in [3.63, 3.8) is 0 Å². The first kappa shape index (κ1) is 10.6. The number of nitrogens with zero attached hydrogens (tertiary/aromatic N) is 1. The van der Waals surface area contributed by atoms with Gasteiger partial charge in [0, 0.05) is 10.4 Å². The van der Waals surface area contributed by atoms with Gasteiger partial charge in [-0.15, -0.1) is 11.3 Å². The molecule has 0 atom stereocenters. The molecule has 0 N–H and O–H groups in total. The van der Waals surface area contributed by atoms with Gasteiger partial charge in [-0.05, 0) is 36.2 Å². The molecule has 0 spiro atoms. The van der Waals surface area contributed by atoms with Crippen LogP contribution in [-0.4, -0.2) is 6.29 Å². The Kier molecular flexibility index (Phi) is 2.84. The van der Waals surface area contributed by atoms with Gasteiger partial charge in [-0.2, -0.15) is 5.26 Å². The average molecular weight is 227 g/mol.